The number of carbonyl (C=O) groups is 2. The number of rotatable bonds is 2. The third kappa shape index (κ3) is 2.69. The first-order valence-electron chi connectivity index (χ1n) is 5.77. The summed E-state index contributed by atoms with van der Waals surface area (Å²) >= 11 is 5.65. The average Bonchev–Trinajstić information content (AvgIpc) is 2.41. The van der Waals surface area contributed by atoms with E-state index in [1.54, 1.807) is 0 Å². The van der Waals surface area contributed by atoms with E-state index >= 15 is 0 Å². The lowest BCUT2D eigenvalue weighted by atomic mass is 10.1. The number of nitrogens with zero attached hydrogens (tertiary/aromatic N) is 1. The molecule has 0 bridgehead atoms. The molecule has 0 spiro atoms. The summed E-state index contributed by atoms with van der Waals surface area (Å²) in [7, 11) is 0. The Labute approximate surface area is 114 Å². The van der Waals surface area contributed by atoms with Crippen LogP contribution in [0.4, 0.5) is 4.39 Å². The van der Waals surface area contributed by atoms with Crippen molar-refractivity contribution in [2.75, 3.05) is 19.6 Å². The fraction of sp³-hybridized carbons (Fsp3) is 0.333. The number of primary amides is 1. The molecule has 2 amide bonds. The normalized spacial score (nSPS) is 19.3. The van der Waals surface area contributed by atoms with Crippen LogP contribution >= 0.6 is 11.6 Å². The van der Waals surface area contributed by atoms with Gasteiger partial charge in [-0.25, -0.2) is 4.39 Å². The molecule has 0 aromatic heterocycles. The summed E-state index contributed by atoms with van der Waals surface area (Å²) in [5.41, 5.74) is 5.10. The summed E-state index contributed by atoms with van der Waals surface area (Å²) in [6.45, 7) is 1.08. The Hall–Kier alpha value is -1.66. The number of nitrogens with two attached hydrogens (primary N) is 1. The van der Waals surface area contributed by atoms with Gasteiger partial charge in [-0.1, -0.05) is 17.7 Å². The van der Waals surface area contributed by atoms with Gasteiger partial charge in [-0.3, -0.25) is 9.59 Å². The fourth-order valence-electron chi connectivity index (χ4n) is 2.03. The van der Waals surface area contributed by atoms with Gasteiger partial charge in [-0.2, -0.15) is 0 Å². The molecule has 0 saturated carbocycles. The molecule has 3 N–H and O–H groups in total. The molecule has 1 heterocycles. The highest BCUT2D eigenvalue weighted by atomic mass is 35.5. The molecule has 0 aliphatic carbocycles. The molecule has 5 nitrogen and oxygen atoms in total. The smallest absolute Gasteiger partial charge is 0.257 e. The van der Waals surface area contributed by atoms with Crippen molar-refractivity contribution in [2.24, 2.45) is 5.73 Å². The van der Waals surface area contributed by atoms with Crippen LogP contribution in [0.3, 0.4) is 0 Å². The van der Waals surface area contributed by atoms with Crippen LogP contribution in [0.2, 0.25) is 5.02 Å². The quantitative estimate of drug-likeness (QED) is 0.825. The maximum absolute atomic E-state index is 13.8. The summed E-state index contributed by atoms with van der Waals surface area (Å²) in [5.74, 6) is -1.98. The Morgan fingerprint density at radius 3 is 2.89 bits per heavy atom. The lowest BCUT2D eigenvalue weighted by Crippen LogP contribution is -2.58. The fourth-order valence-corrected chi connectivity index (χ4v) is 2.20. The SMILES string of the molecule is NC(=O)C1CNCCN1C(=O)c1cccc(Cl)c1F. The average molecular weight is 286 g/mol. The third-order valence-corrected chi connectivity index (χ3v) is 3.31. The van der Waals surface area contributed by atoms with Crippen LogP contribution < -0.4 is 11.1 Å². The van der Waals surface area contributed by atoms with Gasteiger partial charge in [0.15, 0.2) is 5.82 Å². The number of benzene rings is 1. The molecule has 1 aliphatic rings. The van der Waals surface area contributed by atoms with Crippen LogP contribution in [-0.4, -0.2) is 42.4 Å². The minimum atomic E-state index is -0.782. The molecule has 1 fully saturated rings. The molecular formula is C12H13ClFN3O2. The van der Waals surface area contributed by atoms with Crippen molar-refractivity contribution in [1.82, 2.24) is 10.2 Å². The predicted molar refractivity (Wildman–Crippen MR) is 68.3 cm³/mol. The lowest BCUT2D eigenvalue weighted by Gasteiger charge is -2.34. The highest BCUT2D eigenvalue weighted by Gasteiger charge is 2.32. The molecule has 1 unspecified atom stereocenters. The van der Waals surface area contributed by atoms with Gasteiger partial charge < -0.3 is 16.0 Å². The number of halogens is 2. The van der Waals surface area contributed by atoms with Gasteiger partial charge in [-0.15, -0.1) is 0 Å². The van der Waals surface area contributed by atoms with Gasteiger partial charge in [0.25, 0.3) is 5.91 Å². The first-order valence-corrected chi connectivity index (χ1v) is 6.15. The number of amides is 2. The number of hydrogen-bond acceptors (Lipinski definition) is 3. The lowest BCUT2D eigenvalue weighted by molar-refractivity contribution is -0.122. The molecule has 19 heavy (non-hydrogen) atoms. The van der Waals surface area contributed by atoms with Crippen molar-refractivity contribution >= 4 is 23.4 Å². The van der Waals surface area contributed by atoms with Crippen LogP contribution in [0.1, 0.15) is 10.4 Å². The summed E-state index contributed by atoms with van der Waals surface area (Å²) in [6.07, 6.45) is 0. The zero-order chi connectivity index (χ0) is 14.0. The standard InChI is InChI=1S/C12H13ClFN3O2/c13-8-3-1-2-7(10(8)14)12(19)17-5-4-16-6-9(17)11(15)18/h1-3,9,16H,4-6H2,(H2,15,18). The Kier molecular flexibility index (Phi) is 4.01. The predicted octanol–water partition coefficient (Wildman–Crippen LogP) is 0.378. The highest BCUT2D eigenvalue weighted by molar-refractivity contribution is 6.31. The first kappa shape index (κ1) is 13.8. The molecule has 7 heteroatoms. The third-order valence-electron chi connectivity index (χ3n) is 3.01. The second-order valence-corrected chi connectivity index (χ2v) is 4.63. The second kappa shape index (κ2) is 5.54. The van der Waals surface area contributed by atoms with Crippen LogP contribution in [-0.2, 0) is 4.79 Å². The zero-order valence-electron chi connectivity index (χ0n) is 10.0. The maximum atomic E-state index is 13.8. The summed E-state index contributed by atoms with van der Waals surface area (Å²) in [4.78, 5) is 24.9. The van der Waals surface area contributed by atoms with Crippen molar-refractivity contribution in [2.45, 2.75) is 6.04 Å². The van der Waals surface area contributed by atoms with Crippen molar-refractivity contribution in [3.8, 4) is 0 Å². The van der Waals surface area contributed by atoms with Crippen molar-refractivity contribution in [3.63, 3.8) is 0 Å². The summed E-state index contributed by atoms with van der Waals surface area (Å²) < 4.78 is 13.8. The number of nitrogens with one attached hydrogen (secondary N) is 1. The van der Waals surface area contributed by atoms with E-state index in [0.29, 0.717) is 13.1 Å². The molecule has 1 aliphatic heterocycles. The van der Waals surface area contributed by atoms with Crippen molar-refractivity contribution in [3.05, 3.63) is 34.6 Å². The molecule has 0 radical (unpaired) electrons. The van der Waals surface area contributed by atoms with E-state index in [4.69, 9.17) is 17.3 Å². The van der Waals surface area contributed by atoms with Gasteiger partial charge in [-0.05, 0) is 12.1 Å². The van der Waals surface area contributed by atoms with E-state index in [1.807, 2.05) is 0 Å². The summed E-state index contributed by atoms with van der Waals surface area (Å²) in [6, 6.07) is 3.40. The van der Waals surface area contributed by atoms with Crippen LogP contribution in [0.5, 0.6) is 0 Å². The minimum absolute atomic E-state index is 0.128. The van der Waals surface area contributed by atoms with E-state index < -0.39 is 23.7 Å². The van der Waals surface area contributed by atoms with Crippen LogP contribution in [0, 0.1) is 5.82 Å². The van der Waals surface area contributed by atoms with Crippen LogP contribution in [0.25, 0.3) is 0 Å². The van der Waals surface area contributed by atoms with E-state index in [9.17, 15) is 14.0 Å². The number of piperazine rings is 1. The molecular weight excluding hydrogens is 273 g/mol. The van der Waals surface area contributed by atoms with Gasteiger partial charge in [0.1, 0.15) is 6.04 Å². The van der Waals surface area contributed by atoms with Gasteiger partial charge >= 0.3 is 0 Å². The Balaban J connectivity index is 2.31. The largest absolute Gasteiger partial charge is 0.368 e. The Morgan fingerprint density at radius 1 is 1.47 bits per heavy atom. The minimum Gasteiger partial charge on any atom is -0.368 e. The van der Waals surface area contributed by atoms with E-state index in [-0.39, 0.29) is 17.1 Å². The molecule has 1 atom stereocenters. The van der Waals surface area contributed by atoms with Crippen molar-refractivity contribution < 1.29 is 14.0 Å². The zero-order valence-corrected chi connectivity index (χ0v) is 10.8. The Morgan fingerprint density at radius 2 is 2.21 bits per heavy atom. The van der Waals surface area contributed by atoms with Crippen molar-refractivity contribution in [1.29, 1.82) is 0 Å². The van der Waals surface area contributed by atoms with E-state index in [0.717, 1.165) is 0 Å². The van der Waals surface area contributed by atoms with Gasteiger partial charge in [0.2, 0.25) is 5.91 Å². The number of hydrogen-bond donors (Lipinski definition) is 2. The van der Waals surface area contributed by atoms with Gasteiger partial charge in [0, 0.05) is 19.6 Å². The highest BCUT2D eigenvalue weighted by Crippen LogP contribution is 2.20. The topological polar surface area (TPSA) is 75.4 Å². The molecule has 1 aromatic rings. The van der Waals surface area contributed by atoms with E-state index in [1.165, 1.54) is 23.1 Å². The molecule has 102 valence electrons. The summed E-state index contributed by atoms with van der Waals surface area (Å²) in [5, 5.41) is 2.84. The van der Waals surface area contributed by atoms with E-state index in [2.05, 4.69) is 5.32 Å². The molecule has 2 rings (SSSR count). The first-order chi connectivity index (χ1) is 9.02. The molecule has 1 aromatic carbocycles. The molecule has 1 saturated heterocycles. The van der Waals surface area contributed by atoms with Crippen LogP contribution in [0.15, 0.2) is 18.2 Å². The second-order valence-electron chi connectivity index (χ2n) is 4.22. The number of carbonyl (C=O) groups excluding carboxylic acids is 2. The monoisotopic (exact) mass is 285 g/mol. The maximum Gasteiger partial charge on any atom is 0.257 e. The Bertz CT molecular complexity index is 524. The van der Waals surface area contributed by atoms with Gasteiger partial charge in [0.05, 0.1) is 10.6 Å².